The van der Waals surface area contributed by atoms with Crippen LogP contribution in [-0.2, 0) is 0 Å². The fourth-order valence-electron chi connectivity index (χ4n) is 5.88. The summed E-state index contributed by atoms with van der Waals surface area (Å²) in [4.78, 5) is 8.73. The molecule has 2 heteroatoms. The molecule has 7 rings (SSSR count). The predicted octanol–water partition coefficient (Wildman–Crippen LogP) is 10.1. The minimum Gasteiger partial charge on any atom is -0.264 e. The molecule has 0 unspecified atom stereocenters. The van der Waals surface area contributed by atoms with Crippen LogP contribution in [0.5, 0.6) is 0 Å². The summed E-state index contributed by atoms with van der Waals surface area (Å²) in [7, 11) is 0. The molecule has 2 nitrogen and oxygen atoms in total. The Morgan fingerprint density at radius 2 is 0.925 bits per heavy atom. The van der Waals surface area contributed by atoms with Gasteiger partial charge in [-0.2, -0.15) is 0 Å². The van der Waals surface area contributed by atoms with Gasteiger partial charge in [0.25, 0.3) is 0 Å². The first-order valence-corrected chi connectivity index (χ1v) is 13.6. The SMILES string of the molecule is Cc1cncc(-c2ccc(-c3c4ccccc4c(-c4ccc(-c5cnccc5C)cc4)c4ccccc34)cc2)c1. The molecule has 0 aliphatic heterocycles. The van der Waals surface area contributed by atoms with Crippen LogP contribution < -0.4 is 0 Å². The number of hydrogen-bond donors (Lipinski definition) is 0. The monoisotopic (exact) mass is 512 g/mol. The van der Waals surface area contributed by atoms with E-state index in [4.69, 9.17) is 0 Å². The van der Waals surface area contributed by atoms with E-state index in [1.807, 2.05) is 24.8 Å². The van der Waals surface area contributed by atoms with Gasteiger partial charge >= 0.3 is 0 Å². The van der Waals surface area contributed by atoms with Crippen molar-refractivity contribution in [2.45, 2.75) is 13.8 Å². The first kappa shape index (κ1) is 24.0. The van der Waals surface area contributed by atoms with Crippen LogP contribution in [0, 0.1) is 13.8 Å². The van der Waals surface area contributed by atoms with Crippen LogP contribution in [0.2, 0.25) is 0 Å². The fourth-order valence-corrected chi connectivity index (χ4v) is 5.88. The number of aromatic nitrogens is 2. The molecule has 0 radical (unpaired) electrons. The molecule has 0 saturated heterocycles. The van der Waals surface area contributed by atoms with Crippen LogP contribution in [0.3, 0.4) is 0 Å². The molecule has 0 amide bonds. The molecule has 5 aromatic carbocycles. The van der Waals surface area contributed by atoms with E-state index >= 15 is 0 Å². The van der Waals surface area contributed by atoms with Gasteiger partial charge in [-0.25, -0.2) is 0 Å². The Morgan fingerprint density at radius 3 is 1.43 bits per heavy atom. The molecule has 0 atom stereocenters. The maximum atomic E-state index is 4.39. The van der Waals surface area contributed by atoms with Crippen LogP contribution in [0.1, 0.15) is 11.1 Å². The molecule has 2 aromatic heterocycles. The Morgan fingerprint density at radius 1 is 0.425 bits per heavy atom. The maximum absolute atomic E-state index is 4.39. The van der Waals surface area contributed by atoms with Crippen molar-refractivity contribution in [1.29, 1.82) is 0 Å². The Labute approximate surface area is 234 Å². The van der Waals surface area contributed by atoms with Gasteiger partial charge in [-0.3, -0.25) is 9.97 Å². The van der Waals surface area contributed by atoms with Crippen LogP contribution >= 0.6 is 0 Å². The lowest BCUT2D eigenvalue weighted by Crippen LogP contribution is -1.91. The Kier molecular flexibility index (Phi) is 5.94. The van der Waals surface area contributed by atoms with Gasteiger partial charge in [-0.15, -0.1) is 0 Å². The van der Waals surface area contributed by atoms with Gasteiger partial charge in [0.2, 0.25) is 0 Å². The Balaban J connectivity index is 1.41. The number of pyridine rings is 2. The molecular formula is C38H28N2. The highest BCUT2D eigenvalue weighted by molar-refractivity contribution is 6.21. The third-order valence-corrected chi connectivity index (χ3v) is 7.84. The largest absolute Gasteiger partial charge is 0.264 e. The number of fused-ring (bicyclic) bond motifs is 2. The van der Waals surface area contributed by atoms with Gasteiger partial charge in [0.15, 0.2) is 0 Å². The summed E-state index contributed by atoms with van der Waals surface area (Å²) < 4.78 is 0. The van der Waals surface area contributed by atoms with Gasteiger partial charge in [0, 0.05) is 35.9 Å². The summed E-state index contributed by atoms with van der Waals surface area (Å²) in [6, 6.07) is 39.7. The van der Waals surface area contributed by atoms with Crippen molar-refractivity contribution >= 4 is 21.5 Å². The molecule has 0 spiro atoms. The topological polar surface area (TPSA) is 25.8 Å². The molecule has 7 aromatic rings. The second-order valence-corrected chi connectivity index (χ2v) is 10.4. The zero-order valence-corrected chi connectivity index (χ0v) is 22.6. The first-order chi connectivity index (χ1) is 19.7. The normalized spacial score (nSPS) is 11.2. The summed E-state index contributed by atoms with van der Waals surface area (Å²) in [6.07, 6.45) is 7.62. The Hall–Kier alpha value is -5.08. The quantitative estimate of drug-likeness (QED) is 0.219. The second kappa shape index (κ2) is 9.91. The number of aryl methyl sites for hydroxylation is 2. The molecule has 0 aliphatic carbocycles. The van der Waals surface area contributed by atoms with Crippen LogP contribution in [0.4, 0.5) is 0 Å². The van der Waals surface area contributed by atoms with E-state index in [0.717, 1.165) is 11.1 Å². The van der Waals surface area contributed by atoms with Crippen LogP contribution in [-0.4, -0.2) is 9.97 Å². The minimum absolute atomic E-state index is 1.14. The summed E-state index contributed by atoms with van der Waals surface area (Å²) >= 11 is 0. The summed E-state index contributed by atoms with van der Waals surface area (Å²) in [5.41, 5.74) is 12.0. The minimum atomic E-state index is 1.14. The molecule has 0 fully saturated rings. The molecule has 0 N–H and O–H groups in total. The van der Waals surface area contributed by atoms with E-state index in [9.17, 15) is 0 Å². The van der Waals surface area contributed by atoms with Crippen LogP contribution in [0.15, 0.2) is 134 Å². The van der Waals surface area contributed by atoms with E-state index < -0.39 is 0 Å². The maximum Gasteiger partial charge on any atom is 0.0349 e. The van der Waals surface area contributed by atoms with Gasteiger partial charge in [-0.05, 0) is 92.0 Å². The van der Waals surface area contributed by atoms with Gasteiger partial charge < -0.3 is 0 Å². The zero-order valence-electron chi connectivity index (χ0n) is 22.6. The van der Waals surface area contributed by atoms with Crippen molar-refractivity contribution in [2.24, 2.45) is 0 Å². The molecule has 190 valence electrons. The van der Waals surface area contributed by atoms with Crippen molar-refractivity contribution in [3.63, 3.8) is 0 Å². The summed E-state index contributed by atoms with van der Waals surface area (Å²) in [6.45, 7) is 4.22. The van der Waals surface area contributed by atoms with Gasteiger partial charge in [0.05, 0.1) is 0 Å². The second-order valence-electron chi connectivity index (χ2n) is 10.4. The molecule has 2 heterocycles. The highest BCUT2D eigenvalue weighted by Crippen LogP contribution is 2.44. The summed E-state index contributed by atoms with van der Waals surface area (Å²) in [5, 5.41) is 5.03. The van der Waals surface area contributed by atoms with E-state index in [1.165, 1.54) is 66.1 Å². The number of hydrogen-bond acceptors (Lipinski definition) is 2. The lowest BCUT2D eigenvalue weighted by Gasteiger charge is -2.18. The van der Waals surface area contributed by atoms with Crippen molar-refractivity contribution < 1.29 is 0 Å². The molecule has 0 aliphatic rings. The lowest BCUT2D eigenvalue weighted by atomic mass is 9.85. The van der Waals surface area contributed by atoms with Crippen molar-refractivity contribution in [1.82, 2.24) is 9.97 Å². The molecule has 0 bridgehead atoms. The third-order valence-electron chi connectivity index (χ3n) is 7.84. The van der Waals surface area contributed by atoms with E-state index in [1.54, 1.807) is 0 Å². The Bertz CT molecular complexity index is 1950. The molecule has 40 heavy (non-hydrogen) atoms. The van der Waals surface area contributed by atoms with Crippen molar-refractivity contribution in [3.8, 4) is 44.5 Å². The number of benzene rings is 5. The summed E-state index contributed by atoms with van der Waals surface area (Å²) in [5.74, 6) is 0. The number of nitrogens with zero attached hydrogens (tertiary/aromatic N) is 2. The molecule has 0 saturated carbocycles. The van der Waals surface area contributed by atoms with Crippen LogP contribution in [0.25, 0.3) is 66.1 Å². The fraction of sp³-hybridized carbons (Fsp3) is 0.0526. The average Bonchev–Trinajstić information content (AvgIpc) is 3.00. The van der Waals surface area contributed by atoms with Gasteiger partial charge in [-0.1, -0.05) is 97.1 Å². The standard InChI is InChI=1S/C38H28N2/c1-25-21-31(23-40-22-25)27-11-15-29(16-12-27)37-32-7-3-5-9-34(32)38(35-10-6-4-8-33(35)37)30-17-13-28(14-18-30)36-24-39-20-19-26(36)2/h3-24H,1-2H3. The number of rotatable bonds is 4. The van der Waals surface area contributed by atoms with Crippen molar-refractivity contribution in [2.75, 3.05) is 0 Å². The van der Waals surface area contributed by atoms with Crippen molar-refractivity contribution in [3.05, 3.63) is 145 Å². The smallest absolute Gasteiger partial charge is 0.0349 e. The third kappa shape index (κ3) is 4.15. The highest BCUT2D eigenvalue weighted by atomic mass is 14.6. The van der Waals surface area contributed by atoms with E-state index in [0.29, 0.717) is 0 Å². The predicted molar refractivity (Wildman–Crippen MR) is 168 cm³/mol. The average molecular weight is 513 g/mol. The van der Waals surface area contributed by atoms with E-state index in [-0.39, 0.29) is 0 Å². The van der Waals surface area contributed by atoms with Gasteiger partial charge in [0.1, 0.15) is 0 Å². The molecular weight excluding hydrogens is 484 g/mol. The highest BCUT2D eigenvalue weighted by Gasteiger charge is 2.16. The lowest BCUT2D eigenvalue weighted by molar-refractivity contribution is 1.27. The van der Waals surface area contributed by atoms with E-state index in [2.05, 4.69) is 133 Å². The first-order valence-electron chi connectivity index (χ1n) is 13.6. The zero-order chi connectivity index (χ0) is 27.1.